The van der Waals surface area contributed by atoms with Crippen LogP contribution in [0, 0.1) is 13.8 Å². The molecule has 0 saturated heterocycles. The van der Waals surface area contributed by atoms with Crippen LogP contribution in [0.5, 0.6) is 0 Å². The van der Waals surface area contributed by atoms with Crippen LogP contribution in [0.15, 0.2) is 18.2 Å². The van der Waals surface area contributed by atoms with Gasteiger partial charge in [0.25, 0.3) is 5.82 Å². The molecule has 2 rings (SSSR count). The maximum atomic E-state index is 5.92. The summed E-state index contributed by atoms with van der Waals surface area (Å²) in [6.07, 6.45) is 7.85. The molecule has 0 bridgehead atoms. The predicted octanol–water partition coefficient (Wildman–Crippen LogP) is 4.42. The number of aryl methyl sites for hydroxylation is 2. The van der Waals surface area contributed by atoms with Crippen LogP contribution in [0.25, 0.3) is 11.0 Å². The lowest BCUT2D eigenvalue weighted by Gasteiger charge is -2.04. The summed E-state index contributed by atoms with van der Waals surface area (Å²) < 4.78 is 10.4. The molecule has 3 nitrogen and oxygen atoms in total. The van der Waals surface area contributed by atoms with Crippen molar-refractivity contribution >= 4 is 11.0 Å². The van der Waals surface area contributed by atoms with E-state index in [0.29, 0.717) is 6.73 Å². The molecule has 1 heterocycles. The van der Waals surface area contributed by atoms with E-state index in [0.717, 1.165) is 6.61 Å². The predicted molar refractivity (Wildman–Crippen MR) is 91.9 cm³/mol. The highest BCUT2D eigenvalue weighted by Gasteiger charge is 2.18. The standard InChI is InChI=1S/C19H31N2O/c1-5-6-7-8-9-10-13-22-15-21-17(3)20(4)18-12-11-16(2)14-19(18)21/h11-12,14H,5-10,13,15H2,1-4H3/q+1. The third-order valence-corrected chi connectivity index (χ3v) is 4.52. The molecule has 0 atom stereocenters. The molecule has 1 aromatic carbocycles. The van der Waals surface area contributed by atoms with Crippen LogP contribution in [-0.4, -0.2) is 11.2 Å². The van der Waals surface area contributed by atoms with Crippen molar-refractivity contribution in [3.05, 3.63) is 29.6 Å². The van der Waals surface area contributed by atoms with Crippen molar-refractivity contribution in [2.24, 2.45) is 7.05 Å². The number of unbranched alkanes of at least 4 members (excludes halogenated alkanes) is 5. The topological polar surface area (TPSA) is 18.0 Å². The first-order valence-electron chi connectivity index (χ1n) is 8.68. The fourth-order valence-electron chi connectivity index (χ4n) is 2.97. The second-order valence-corrected chi connectivity index (χ2v) is 6.33. The average molecular weight is 303 g/mol. The number of imidazole rings is 1. The van der Waals surface area contributed by atoms with E-state index in [1.165, 1.54) is 60.9 Å². The molecular formula is C19H31N2O+. The summed E-state index contributed by atoms with van der Waals surface area (Å²) in [5.41, 5.74) is 3.83. The second kappa shape index (κ2) is 8.33. The Bertz CT molecular complexity index is 601. The Labute approximate surface area is 134 Å². The van der Waals surface area contributed by atoms with Gasteiger partial charge in [-0.2, -0.15) is 0 Å². The van der Waals surface area contributed by atoms with Gasteiger partial charge in [-0.3, -0.25) is 0 Å². The number of rotatable bonds is 9. The van der Waals surface area contributed by atoms with Crippen molar-refractivity contribution in [1.82, 2.24) is 4.57 Å². The summed E-state index contributed by atoms with van der Waals surface area (Å²) in [5, 5.41) is 0. The SMILES string of the molecule is CCCCCCCCOCn1c(C)[n+](C)c2ccc(C)cc21. The van der Waals surface area contributed by atoms with Crippen LogP contribution in [0.3, 0.4) is 0 Å². The minimum absolute atomic E-state index is 0.654. The number of fused-ring (bicyclic) bond motifs is 1. The van der Waals surface area contributed by atoms with Crippen LogP contribution in [-0.2, 0) is 18.5 Å². The molecular weight excluding hydrogens is 272 g/mol. The largest absolute Gasteiger partial charge is 0.342 e. The third-order valence-electron chi connectivity index (χ3n) is 4.52. The summed E-state index contributed by atoms with van der Waals surface area (Å²) in [6, 6.07) is 6.61. The Hall–Kier alpha value is -1.35. The highest BCUT2D eigenvalue weighted by atomic mass is 16.5. The van der Waals surface area contributed by atoms with Crippen molar-refractivity contribution in [1.29, 1.82) is 0 Å². The molecule has 0 saturated carbocycles. The third kappa shape index (κ3) is 4.10. The molecule has 0 fully saturated rings. The van der Waals surface area contributed by atoms with Crippen LogP contribution in [0.4, 0.5) is 0 Å². The quantitative estimate of drug-likeness (QED) is 0.495. The van der Waals surface area contributed by atoms with Crippen molar-refractivity contribution in [3.63, 3.8) is 0 Å². The summed E-state index contributed by atoms with van der Waals surface area (Å²) in [7, 11) is 2.12. The first-order chi connectivity index (χ1) is 10.6. The molecule has 2 aromatic rings. The van der Waals surface area contributed by atoms with Gasteiger partial charge < -0.3 is 4.74 Å². The molecule has 0 aliphatic carbocycles. The normalized spacial score (nSPS) is 11.5. The van der Waals surface area contributed by atoms with Gasteiger partial charge in [0.1, 0.15) is 0 Å². The summed E-state index contributed by atoms with van der Waals surface area (Å²) in [4.78, 5) is 0. The van der Waals surface area contributed by atoms with E-state index in [-0.39, 0.29) is 0 Å². The first-order valence-corrected chi connectivity index (χ1v) is 8.68. The highest BCUT2D eigenvalue weighted by Crippen LogP contribution is 2.16. The minimum Gasteiger partial charge on any atom is -0.342 e. The smallest absolute Gasteiger partial charge is 0.255 e. The number of hydrogen-bond donors (Lipinski definition) is 0. The zero-order valence-corrected chi connectivity index (χ0v) is 14.7. The van der Waals surface area contributed by atoms with E-state index in [9.17, 15) is 0 Å². The minimum atomic E-state index is 0.654. The van der Waals surface area contributed by atoms with Crippen LogP contribution >= 0.6 is 0 Å². The van der Waals surface area contributed by atoms with E-state index in [1.807, 2.05) is 0 Å². The van der Waals surface area contributed by atoms with Gasteiger partial charge in [-0.15, -0.1) is 0 Å². The number of hydrogen-bond acceptors (Lipinski definition) is 1. The Morgan fingerprint density at radius 2 is 1.77 bits per heavy atom. The van der Waals surface area contributed by atoms with Gasteiger partial charge in [0.05, 0.1) is 13.7 Å². The van der Waals surface area contributed by atoms with Crippen molar-refractivity contribution in [3.8, 4) is 0 Å². The molecule has 0 spiro atoms. The van der Waals surface area contributed by atoms with Crippen LogP contribution in [0.2, 0.25) is 0 Å². The van der Waals surface area contributed by atoms with Gasteiger partial charge in [-0.25, -0.2) is 9.13 Å². The van der Waals surface area contributed by atoms with Gasteiger partial charge in [0.2, 0.25) is 0 Å². The fraction of sp³-hybridized carbons (Fsp3) is 0.632. The van der Waals surface area contributed by atoms with Gasteiger partial charge in [-0.05, 0) is 31.0 Å². The molecule has 0 unspecified atom stereocenters. The molecule has 0 N–H and O–H groups in total. The van der Waals surface area contributed by atoms with Crippen LogP contribution in [0.1, 0.15) is 56.8 Å². The molecule has 0 amide bonds. The molecule has 1 aromatic heterocycles. The second-order valence-electron chi connectivity index (χ2n) is 6.33. The summed E-state index contributed by atoms with van der Waals surface area (Å²) >= 11 is 0. The van der Waals surface area contributed by atoms with Gasteiger partial charge in [0, 0.05) is 6.92 Å². The van der Waals surface area contributed by atoms with Crippen molar-refractivity contribution in [2.75, 3.05) is 6.61 Å². The Morgan fingerprint density at radius 1 is 1.05 bits per heavy atom. The van der Waals surface area contributed by atoms with Gasteiger partial charge in [0.15, 0.2) is 17.8 Å². The van der Waals surface area contributed by atoms with Crippen molar-refractivity contribution < 1.29 is 9.30 Å². The van der Waals surface area contributed by atoms with Gasteiger partial charge >= 0.3 is 0 Å². The maximum absolute atomic E-state index is 5.92. The lowest BCUT2D eigenvalue weighted by atomic mass is 10.1. The van der Waals surface area contributed by atoms with E-state index in [1.54, 1.807) is 0 Å². The van der Waals surface area contributed by atoms with Gasteiger partial charge in [-0.1, -0.05) is 45.1 Å². The molecule has 0 aliphatic rings. The monoisotopic (exact) mass is 303 g/mol. The Kier molecular flexibility index (Phi) is 6.44. The average Bonchev–Trinajstić information content (AvgIpc) is 2.74. The lowest BCUT2D eigenvalue weighted by Crippen LogP contribution is -2.31. The van der Waals surface area contributed by atoms with E-state index in [2.05, 4.69) is 55.2 Å². The summed E-state index contributed by atoms with van der Waals surface area (Å²) in [5.74, 6) is 1.24. The molecule has 3 heteroatoms. The van der Waals surface area contributed by atoms with E-state index < -0.39 is 0 Å². The molecule has 22 heavy (non-hydrogen) atoms. The Morgan fingerprint density at radius 3 is 2.55 bits per heavy atom. The maximum Gasteiger partial charge on any atom is 0.255 e. The first kappa shape index (κ1) is 17.0. The Balaban J connectivity index is 1.87. The number of nitrogens with zero attached hydrogens (tertiary/aromatic N) is 2. The number of ether oxygens (including phenoxy) is 1. The lowest BCUT2D eigenvalue weighted by molar-refractivity contribution is -0.652. The van der Waals surface area contributed by atoms with E-state index >= 15 is 0 Å². The fourth-order valence-corrected chi connectivity index (χ4v) is 2.97. The molecule has 122 valence electrons. The van der Waals surface area contributed by atoms with E-state index in [4.69, 9.17) is 4.74 Å². The summed E-state index contributed by atoms with van der Waals surface area (Å²) in [6.45, 7) is 8.07. The number of aromatic nitrogens is 2. The molecule has 0 aliphatic heterocycles. The van der Waals surface area contributed by atoms with Crippen LogP contribution < -0.4 is 4.57 Å². The molecule has 0 radical (unpaired) electrons. The highest BCUT2D eigenvalue weighted by molar-refractivity contribution is 5.73. The zero-order valence-electron chi connectivity index (χ0n) is 14.7. The number of benzene rings is 1. The van der Waals surface area contributed by atoms with Crippen molar-refractivity contribution in [2.45, 2.75) is 66.0 Å². The zero-order chi connectivity index (χ0) is 15.9.